The van der Waals surface area contributed by atoms with E-state index in [1.54, 1.807) is 0 Å². The highest BCUT2D eigenvalue weighted by Gasteiger charge is 2.53. The predicted octanol–water partition coefficient (Wildman–Crippen LogP) is 2.36. The first-order chi connectivity index (χ1) is 8.46. The van der Waals surface area contributed by atoms with E-state index in [-0.39, 0.29) is 18.1 Å². The first kappa shape index (κ1) is 12.2. The number of rotatable bonds is 1. The zero-order chi connectivity index (χ0) is 12.9. The minimum atomic E-state index is -0.585. The van der Waals surface area contributed by atoms with Crippen LogP contribution < -0.4 is 0 Å². The highest BCUT2D eigenvalue weighted by molar-refractivity contribution is 5.29. The van der Waals surface area contributed by atoms with Crippen molar-refractivity contribution < 1.29 is 14.6 Å². The van der Waals surface area contributed by atoms with Crippen LogP contribution in [0.4, 0.5) is 0 Å². The van der Waals surface area contributed by atoms with Gasteiger partial charge in [0, 0.05) is 5.92 Å². The number of aliphatic hydroxyl groups is 1. The monoisotopic (exact) mass is 248 g/mol. The maximum Gasteiger partial charge on any atom is 0.163 e. The van der Waals surface area contributed by atoms with Crippen molar-refractivity contribution in [2.45, 2.75) is 57.2 Å². The molecular formula is C15H20O3. The minimum Gasteiger partial charge on any atom is -0.390 e. The number of benzene rings is 1. The number of hydrogen-bond acceptors (Lipinski definition) is 3. The van der Waals surface area contributed by atoms with Gasteiger partial charge in [0.2, 0.25) is 0 Å². The molecule has 2 fully saturated rings. The lowest BCUT2D eigenvalue weighted by atomic mass is 9.94. The molecular weight excluding hydrogens is 228 g/mol. The van der Waals surface area contributed by atoms with Crippen LogP contribution in [0.3, 0.4) is 0 Å². The summed E-state index contributed by atoms with van der Waals surface area (Å²) >= 11 is 0. The zero-order valence-electron chi connectivity index (χ0n) is 11.1. The average molecular weight is 248 g/mol. The van der Waals surface area contributed by atoms with Gasteiger partial charge in [-0.15, -0.1) is 0 Å². The molecule has 1 N–H and O–H groups in total. The fourth-order valence-corrected chi connectivity index (χ4v) is 3.18. The Kier molecular flexibility index (Phi) is 2.73. The third kappa shape index (κ3) is 1.96. The van der Waals surface area contributed by atoms with E-state index in [0.717, 1.165) is 6.42 Å². The summed E-state index contributed by atoms with van der Waals surface area (Å²) in [5, 5.41) is 10.1. The number of aliphatic hydroxyl groups excluding tert-OH is 1. The van der Waals surface area contributed by atoms with Crippen molar-refractivity contribution in [3.05, 3.63) is 35.4 Å². The fraction of sp³-hybridized carbons (Fsp3) is 0.600. The highest BCUT2D eigenvalue weighted by Crippen LogP contribution is 2.46. The molecule has 1 aliphatic heterocycles. The highest BCUT2D eigenvalue weighted by atomic mass is 16.8. The molecule has 3 heteroatoms. The zero-order valence-corrected chi connectivity index (χ0v) is 11.1. The standard InChI is InChI=1S/C15H20O3/c1-9-5-4-6-10(7-9)11-8-12(16)14-13(11)17-15(2,3)18-14/h4-7,11-14,16H,8H2,1-3H3/t11-,12+,13-,14+/m1/s1. The summed E-state index contributed by atoms with van der Waals surface area (Å²) in [5.41, 5.74) is 2.48. The average Bonchev–Trinajstić information content (AvgIpc) is 2.74. The van der Waals surface area contributed by atoms with E-state index in [0.29, 0.717) is 0 Å². The molecule has 0 radical (unpaired) electrons. The van der Waals surface area contributed by atoms with Gasteiger partial charge >= 0.3 is 0 Å². The van der Waals surface area contributed by atoms with Crippen molar-refractivity contribution in [1.29, 1.82) is 0 Å². The second-order valence-electron chi connectivity index (χ2n) is 5.89. The molecule has 1 saturated carbocycles. The Balaban J connectivity index is 1.90. The Morgan fingerprint density at radius 2 is 1.94 bits per heavy atom. The minimum absolute atomic E-state index is 0.0307. The molecule has 0 aromatic heterocycles. The van der Waals surface area contributed by atoms with Gasteiger partial charge in [-0.1, -0.05) is 29.8 Å². The van der Waals surface area contributed by atoms with Gasteiger partial charge in [-0.3, -0.25) is 0 Å². The van der Waals surface area contributed by atoms with Crippen LogP contribution in [-0.4, -0.2) is 29.2 Å². The van der Waals surface area contributed by atoms with Crippen LogP contribution in [0.25, 0.3) is 0 Å². The van der Waals surface area contributed by atoms with Gasteiger partial charge in [0.05, 0.1) is 12.2 Å². The van der Waals surface area contributed by atoms with E-state index < -0.39 is 11.9 Å². The van der Waals surface area contributed by atoms with Crippen LogP contribution in [-0.2, 0) is 9.47 Å². The van der Waals surface area contributed by atoms with E-state index in [1.807, 2.05) is 13.8 Å². The molecule has 1 aromatic rings. The third-order valence-corrected chi connectivity index (χ3v) is 3.91. The molecule has 2 aliphatic rings. The van der Waals surface area contributed by atoms with Crippen LogP contribution >= 0.6 is 0 Å². The first-order valence-corrected chi connectivity index (χ1v) is 6.56. The molecule has 1 aromatic carbocycles. The van der Waals surface area contributed by atoms with Crippen molar-refractivity contribution in [3.63, 3.8) is 0 Å². The molecule has 0 bridgehead atoms. The summed E-state index contributed by atoms with van der Waals surface area (Å²) in [4.78, 5) is 0. The SMILES string of the molecule is Cc1cccc([C@H]2C[C@H](O)[C@@H]3OC(C)(C)O[C@@H]32)c1. The molecule has 1 aliphatic carbocycles. The second kappa shape index (κ2) is 4.05. The number of hydrogen-bond donors (Lipinski definition) is 1. The molecule has 0 unspecified atom stereocenters. The number of fused-ring (bicyclic) bond motifs is 1. The maximum atomic E-state index is 10.1. The van der Waals surface area contributed by atoms with Gasteiger partial charge in [-0.2, -0.15) is 0 Å². The number of aryl methyl sites for hydroxylation is 1. The van der Waals surface area contributed by atoms with Crippen LogP contribution in [0.15, 0.2) is 24.3 Å². The summed E-state index contributed by atoms with van der Waals surface area (Å²) in [6, 6.07) is 8.43. The van der Waals surface area contributed by atoms with Crippen molar-refractivity contribution in [1.82, 2.24) is 0 Å². The van der Waals surface area contributed by atoms with Crippen LogP contribution in [0.1, 0.15) is 37.3 Å². The van der Waals surface area contributed by atoms with Crippen molar-refractivity contribution in [3.8, 4) is 0 Å². The Morgan fingerprint density at radius 3 is 2.67 bits per heavy atom. The summed E-state index contributed by atoms with van der Waals surface area (Å²) < 4.78 is 11.8. The largest absolute Gasteiger partial charge is 0.390 e. The molecule has 3 nitrogen and oxygen atoms in total. The molecule has 18 heavy (non-hydrogen) atoms. The van der Waals surface area contributed by atoms with E-state index in [4.69, 9.17) is 9.47 Å². The van der Waals surface area contributed by atoms with E-state index in [2.05, 4.69) is 31.2 Å². The van der Waals surface area contributed by atoms with Gasteiger partial charge in [-0.25, -0.2) is 0 Å². The van der Waals surface area contributed by atoms with Gasteiger partial charge in [0.1, 0.15) is 6.10 Å². The van der Waals surface area contributed by atoms with Crippen LogP contribution in [0, 0.1) is 6.92 Å². The van der Waals surface area contributed by atoms with Gasteiger partial charge < -0.3 is 14.6 Å². The normalized spacial score (nSPS) is 37.8. The molecule has 3 rings (SSSR count). The lowest BCUT2D eigenvalue weighted by molar-refractivity contribution is -0.163. The Morgan fingerprint density at radius 1 is 1.22 bits per heavy atom. The van der Waals surface area contributed by atoms with Gasteiger partial charge in [0.15, 0.2) is 5.79 Å². The summed E-state index contributed by atoms with van der Waals surface area (Å²) in [6.07, 6.45) is 0.0686. The summed E-state index contributed by atoms with van der Waals surface area (Å²) in [5.74, 6) is -0.356. The quantitative estimate of drug-likeness (QED) is 0.829. The van der Waals surface area contributed by atoms with Gasteiger partial charge in [0.25, 0.3) is 0 Å². The molecule has 4 atom stereocenters. The second-order valence-corrected chi connectivity index (χ2v) is 5.89. The molecule has 1 heterocycles. The molecule has 98 valence electrons. The molecule has 1 saturated heterocycles. The van der Waals surface area contributed by atoms with Crippen molar-refractivity contribution in [2.75, 3.05) is 0 Å². The summed E-state index contributed by atoms with van der Waals surface area (Å²) in [7, 11) is 0. The molecule has 0 spiro atoms. The van der Waals surface area contributed by atoms with Gasteiger partial charge in [-0.05, 0) is 32.8 Å². The number of ether oxygens (including phenoxy) is 2. The summed E-state index contributed by atoms with van der Waals surface area (Å²) in [6.45, 7) is 5.90. The first-order valence-electron chi connectivity index (χ1n) is 6.56. The van der Waals surface area contributed by atoms with Crippen molar-refractivity contribution in [2.24, 2.45) is 0 Å². The topological polar surface area (TPSA) is 38.7 Å². The Labute approximate surface area is 108 Å². The van der Waals surface area contributed by atoms with Crippen LogP contribution in [0.5, 0.6) is 0 Å². The van der Waals surface area contributed by atoms with E-state index in [1.165, 1.54) is 11.1 Å². The lowest BCUT2D eigenvalue weighted by Crippen LogP contribution is -2.28. The van der Waals surface area contributed by atoms with Crippen molar-refractivity contribution >= 4 is 0 Å². The fourth-order valence-electron chi connectivity index (χ4n) is 3.18. The predicted molar refractivity (Wildman–Crippen MR) is 68.4 cm³/mol. The third-order valence-electron chi connectivity index (χ3n) is 3.91. The maximum absolute atomic E-state index is 10.1. The van der Waals surface area contributed by atoms with E-state index in [9.17, 15) is 5.11 Å². The Hall–Kier alpha value is -0.900. The smallest absolute Gasteiger partial charge is 0.163 e. The lowest BCUT2D eigenvalue weighted by Gasteiger charge is -2.22. The van der Waals surface area contributed by atoms with Crippen LogP contribution in [0.2, 0.25) is 0 Å². The molecule has 0 amide bonds. The Bertz CT molecular complexity index is 455. The van der Waals surface area contributed by atoms with E-state index >= 15 is 0 Å².